The second-order valence-corrected chi connectivity index (χ2v) is 6.37. The van der Waals surface area contributed by atoms with Crippen LogP contribution >= 0.6 is 0 Å². The Bertz CT molecular complexity index is 1070. The highest BCUT2D eigenvalue weighted by Crippen LogP contribution is 2.26. The van der Waals surface area contributed by atoms with Crippen molar-refractivity contribution in [2.45, 2.75) is 6.54 Å². The standard InChI is InChI=1S/C23H21N3O4.BrH/c1-29-21-11-10-17(13-22(21)30-2)14-24-25-23(28)19-9-6-12-26(15-19)16-20(27)18-7-4-3-5-8-18;/h3-15H,16H2,1-2H3;1H/b24-14+;. The molecule has 2 aromatic carbocycles. The van der Waals surface area contributed by atoms with E-state index in [4.69, 9.17) is 9.47 Å². The van der Waals surface area contributed by atoms with Crippen molar-refractivity contribution in [3.05, 3.63) is 89.7 Å². The molecule has 1 heterocycles. The molecule has 0 saturated heterocycles. The fourth-order valence-corrected chi connectivity index (χ4v) is 2.80. The van der Waals surface area contributed by atoms with E-state index < -0.39 is 0 Å². The molecule has 0 bridgehead atoms. The van der Waals surface area contributed by atoms with E-state index in [-0.39, 0.29) is 35.2 Å². The Balaban J connectivity index is 0.00000341. The van der Waals surface area contributed by atoms with E-state index in [0.717, 1.165) is 5.56 Å². The average Bonchev–Trinajstić information content (AvgIpc) is 2.79. The van der Waals surface area contributed by atoms with Crippen LogP contribution in [0.3, 0.4) is 0 Å². The molecule has 1 aromatic heterocycles. The largest absolute Gasteiger partial charge is 1.00 e. The number of amides is 1. The summed E-state index contributed by atoms with van der Waals surface area (Å²) in [5.74, 6) is 0.760. The number of hydrogen-bond acceptors (Lipinski definition) is 5. The SMILES string of the molecule is COc1ccc(/C=N/NC(=O)c2ccc[n+](CC(=O)c3ccccc3)c2)cc1OC.[Br-]. The number of hydrazone groups is 1. The third-order valence-electron chi connectivity index (χ3n) is 4.33. The van der Waals surface area contributed by atoms with Crippen molar-refractivity contribution in [3.8, 4) is 11.5 Å². The number of Topliss-reactive ketones (excluding diaryl/α,β-unsaturated/α-hetero) is 1. The lowest BCUT2D eigenvalue weighted by Gasteiger charge is -2.07. The van der Waals surface area contributed by atoms with Gasteiger partial charge in [-0.1, -0.05) is 30.3 Å². The quantitative estimate of drug-likeness (QED) is 0.205. The third-order valence-corrected chi connectivity index (χ3v) is 4.33. The van der Waals surface area contributed by atoms with Crippen molar-refractivity contribution in [2.75, 3.05) is 14.2 Å². The van der Waals surface area contributed by atoms with Gasteiger partial charge < -0.3 is 26.5 Å². The number of carbonyl (C=O) groups excluding carboxylic acids is 2. The third kappa shape index (κ3) is 6.48. The summed E-state index contributed by atoms with van der Waals surface area (Å²) in [5.41, 5.74) is 4.24. The van der Waals surface area contributed by atoms with Gasteiger partial charge >= 0.3 is 0 Å². The predicted octanol–water partition coefficient (Wildman–Crippen LogP) is -0.358. The average molecular weight is 484 g/mol. The maximum atomic E-state index is 12.4. The molecule has 3 rings (SSSR count). The number of methoxy groups -OCH3 is 2. The summed E-state index contributed by atoms with van der Waals surface area (Å²) in [4.78, 5) is 24.8. The molecule has 0 fully saturated rings. The van der Waals surface area contributed by atoms with Crippen LogP contribution in [0.5, 0.6) is 11.5 Å². The van der Waals surface area contributed by atoms with Crippen LogP contribution in [-0.2, 0) is 6.54 Å². The second-order valence-electron chi connectivity index (χ2n) is 6.37. The maximum absolute atomic E-state index is 12.4. The van der Waals surface area contributed by atoms with Gasteiger partial charge in [0.15, 0.2) is 23.9 Å². The Morgan fingerprint density at radius 3 is 2.39 bits per heavy atom. The van der Waals surface area contributed by atoms with E-state index in [1.54, 1.807) is 73.6 Å². The zero-order valence-corrected chi connectivity index (χ0v) is 18.7. The molecule has 8 heteroatoms. The Morgan fingerprint density at radius 2 is 1.68 bits per heavy atom. The monoisotopic (exact) mass is 483 g/mol. The minimum atomic E-state index is -0.381. The van der Waals surface area contributed by atoms with Gasteiger partial charge in [0.1, 0.15) is 5.56 Å². The zero-order chi connectivity index (χ0) is 21.3. The molecule has 3 aromatic rings. The number of aromatic nitrogens is 1. The predicted molar refractivity (Wildman–Crippen MR) is 112 cm³/mol. The molecule has 0 aliphatic carbocycles. The summed E-state index contributed by atoms with van der Waals surface area (Å²) in [5, 5.41) is 3.99. The smallest absolute Gasteiger partial charge is 0.277 e. The number of nitrogens with one attached hydrogen (secondary N) is 1. The summed E-state index contributed by atoms with van der Waals surface area (Å²) < 4.78 is 12.1. The van der Waals surface area contributed by atoms with Crippen LogP contribution in [0.1, 0.15) is 26.3 Å². The number of ketones is 1. The topological polar surface area (TPSA) is 80.9 Å². The highest BCUT2D eigenvalue weighted by molar-refractivity contribution is 5.95. The highest BCUT2D eigenvalue weighted by Gasteiger charge is 2.14. The number of pyridine rings is 1. The molecule has 0 radical (unpaired) electrons. The van der Waals surface area contributed by atoms with Gasteiger partial charge in [-0.25, -0.2) is 5.43 Å². The maximum Gasteiger partial charge on any atom is 0.277 e. The van der Waals surface area contributed by atoms with E-state index in [1.165, 1.54) is 6.21 Å². The van der Waals surface area contributed by atoms with E-state index in [9.17, 15) is 9.59 Å². The molecule has 0 aliphatic rings. The molecule has 1 amide bonds. The second kappa shape index (κ2) is 11.6. The minimum Gasteiger partial charge on any atom is -1.00 e. The molecule has 0 saturated carbocycles. The molecule has 0 unspecified atom stereocenters. The lowest BCUT2D eigenvalue weighted by Crippen LogP contribution is -3.00. The number of ether oxygens (including phenoxy) is 2. The Labute approximate surface area is 191 Å². The lowest BCUT2D eigenvalue weighted by atomic mass is 10.1. The van der Waals surface area contributed by atoms with Crippen LogP contribution in [0.4, 0.5) is 0 Å². The molecule has 31 heavy (non-hydrogen) atoms. The Hall–Kier alpha value is -3.52. The number of rotatable bonds is 8. The number of carbonyl (C=O) groups is 2. The van der Waals surface area contributed by atoms with E-state index in [1.807, 2.05) is 18.2 Å². The van der Waals surface area contributed by atoms with Crippen molar-refractivity contribution in [1.82, 2.24) is 5.43 Å². The molecule has 0 aliphatic heterocycles. The number of benzene rings is 2. The first-order chi connectivity index (χ1) is 14.6. The summed E-state index contributed by atoms with van der Waals surface area (Å²) in [6.45, 7) is 0.139. The number of nitrogens with zero attached hydrogens (tertiary/aromatic N) is 2. The first-order valence-electron chi connectivity index (χ1n) is 9.23. The van der Waals surface area contributed by atoms with Gasteiger partial charge in [-0.3, -0.25) is 9.59 Å². The van der Waals surface area contributed by atoms with Crippen molar-refractivity contribution < 1.29 is 40.6 Å². The number of halogens is 1. The summed E-state index contributed by atoms with van der Waals surface area (Å²) in [7, 11) is 3.11. The van der Waals surface area contributed by atoms with Crippen molar-refractivity contribution >= 4 is 17.9 Å². The van der Waals surface area contributed by atoms with E-state index in [0.29, 0.717) is 22.6 Å². The van der Waals surface area contributed by atoms with Crippen LogP contribution < -0.4 is 36.4 Å². The summed E-state index contributed by atoms with van der Waals surface area (Å²) in [6.07, 6.45) is 4.86. The van der Waals surface area contributed by atoms with Gasteiger partial charge in [-0.05, 0) is 29.8 Å². The van der Waals surface area contributed by atoms with Crippen molar-refractivity contribution in [3.63, 3.8) is 0 Å². The van der Waals surface area contributed by atoms with Gasteiger partial charge in [0, 0.05) is 11.6 Å². The zero-order valence-electron chi connectivity index (χ0n) is 17.1. The molecule has 7 nitrogen and oxygen atoms in total. The van der Waals surface area contributed by atoms with Crippen LogP contribution in [0.15, 0.2) is 78.2 Å². The summed E-state index contributed by atoms with van der Waals surface area (Å²) in [6, 6.07) is 17.7. The molecule has 0 spiro atoms. The van der Waals surface area contributed by atoms with Crippen LogP contribution in [0.25, 0.3) is 0 Å². The van der Waals surface area contributed by atoms with Crippen LogP contribution in [0, 0.1) is 0 Å². The van der Waals surface area contributed by atoms with Crippen molar-refractivity contribution in [1.29, 1.82) is 0 Å². The normalized spacial score (nSPS) is 10.3. The van der Waals surface area contributed by atoms with Gasteiger partial charge in [0.2, 0.25) is 12.3 Å². The fraction of sp³-hybridized carbons (Fsp3) is 0.130. The van der Waals surface area contributed by atoms with Gasteiger partial charge in [-0.2, -0.15) is 9.67 Å². The van der Waals surface area contributed by atoms with Gasteiger partial charge in [0.25, 0.3) is 5.91 Å². The highest BCUT2D eigenvalue weighted by atomic mass is 79.9. The molecular weight excluding hydrogens is 462 g/mol. The molecule has 160 valence electrons. The lowest BCUT2D eigenvalue weighted by molar-refractivity contribution is -0.683. The van der Waals surface area contributed by atoms with E-state index in [2.05, 4.69) is 10.5 Å². The number of hydrogen-bond donors (Lipinski definition) is 1. The molecule has 1 N–H and O–H groups in total. The van der Waals surface area contributed by atoms with Gasteiger partial charge in [0.05, 0.1) is 20.4 Å². The van der Waals surface area contributed by atoms with Crippen LogP contribution in [-0.4, -0.2) is 32.1 Å². The summed E-state index contributed by atoms with van der Waals surface area (Å²) >= 11 is 0. The minimum absolute atomic E-state index is 0. The first kappa shape index (κ1) is 23.8. The van der Waals surface area contributed by atoms with Crippen molar-refractivity contribution in [2.24, 2.45) is 5.10 Å². The van der Waals surface area contributed by atoms with E-state index >= 15 is 0 Å². The Morgan fingerprint density at radius 1 is 0.968 bits per heavy atom. The van der Waals surface area contributed by atoms with Crippen LogP contribution in [0.2, 0.25) is 0 Å². The first-order valence-corrected chi connectivity index (χ1v) is 9.23. The molecular formula is C23H22BrN3O4. The molecule has 0 atom stereocenters. The fourth-order valence-electron chi connectivity index (χ4n) is 2.80. The van der Waals surface area contributed by atoms with Gasteiger partial charge in [-0.15, -0.1) is 0 Å². The Kier molecular flexibility index (Phi) is 8.90.